The summed E-state index contributed by atoms with van der Waals surface area (Å²) in [4.78, 5) is 13.3. The molecule has 0 aliphatic rings. The van der Waals surface area contributed by atoms with Gasteiger partial charge in [-0.1, -0.05) is 0 Å². The van der Waals surface area contributed by atoms with E-state index >= 15 is 0 Å². The van der Waals surface area contributed by atoms with Gasteiger partial charge in [-0.15, -0.1) is 0 Å². The Kier molecular flexibility index (Phi) is 4.72. The summed E-state index contributed by atoms with van der Waals surface area (Å²) < 4.78 is 41.8. The number of carbonyl (C=O) groups is 1. The van der Waals surface area contributed by atoms with Gasteiger partial charge in [0.2, 0.25) is 0 Å². The molecule has 0 radical (unpaired) electrons. The van der Waals surface area contributed by atoms with Gasteiger partial charge in [0.1, 0.15) is 6.61 Å². The first-order chi connectivity index (χ1) is 8.30. The number of hydrogen-bond acceptors (Lipinski definition) is 3. The van der Waals surface area contributed by atoms with Gasteiger partial charge in [-0.05, 0) is 38.4 Å². The molecule has 6 heteroatoms. The van der Waals surface area contributed by atoms with Crippen molar-refractivity contribution in [1.82, 2.24) is 4.90 Å². The molecule has 0 bridgehead atoms. The lowest BCUT2D eigenvalue weighted by molar-refractivity contribution is -0.137. The Labute approximate surface area is 103 Å². The van der Waals surface area contributed by atoms with Gasteiger partial charge in [-0.2, -0.15) is 13.2 Å². The quantitative estimate of drug-likeness (QED) is 0.780. The van der Waals surface area contributed by atoms with Gasteiger partial charge < -0.3 is 9.64 Å². The van der Waals surface area contributed by atoms with Crippen LogP contribution in [0.4, 0.5) is 13.2 Å². The third-order valence-electron chi connectivity index (χ3n) is 2.22. The maximum absolute atomic E-state index is 12.3. The van der Waals surface area contributed by atoms with E-state index in [1.165, 1.54) is 0 Å². The number of carbonyl (C=O) groups excluding carboxylic acids is 1. The van der Waals surface area contributed by atoms with Crippen LogP contribution in [0, 0.1) is 0 Å². The van der Waals surface area contributed by atoms with Crippen LogP contribution < -0.4 is 0 Å². The maximum Gasteiger partial charge on any atom is 0.416 e. The molecular weight excluding hydrogens is 247 g/mol. The van der Waals surface area contributed by atoms with E-state index in [0.717, 1.165) is 24.3 Å². The Morgan fingerprint density at radius 2 is 1.78 bits per heavy atom. The van der Waals surface area contributed by atoms with Crippen molar-refractivity contribution in [2.24, 2.45) is 0 Å². The monoisotopic (exact) mass is 261 g/mol. The largest absolute Gasteiger partial charge is 0.461 e. The smallest absolute Gasteiger partial charge is 0.416 e. The van der Waals surface area contributed by atoms with Crippen molar-refractivity contribution in [3.63, 3.8) is 0 Å². The molecule has 1 aromatic carbocycles. The van der Waals surface area contributed by atoms with Crippen LogP contribution in [-0.4, -0.2) is 38.1 Å². The number of alkyl halides is 3. The van der Waals surface area contributed by atoms with Crippen LogP contribution in [0.3, 0.4) is 0 Å². The molecule has 0 aliphatic carbocycles. The molecule has 0 unspecified atom stereocenters. The summed E-state index contributed by atoms with van der Waals surface area (Å²) in [6.07, 6.45) is -4.40. The zero-order valence-electron chi connectivity index (χ0n) is 10.1. The van der Waals surface area contributed by atoms with Crippen molar-refractivity contribution in [1.29, 1.82) is 0 Å². The van der Waals surface area contributed by atoms with E-state index in [-0.39, 0.29) is 12.2 Å². The molecule has 0 saturated carbocycles. The van der Waals surface area contributed by atoms with E-state index in [9.17, 15) is 18.0 Å². The highest BCUT2D eigenvalue weighted by molar-refractivity contribution is 5.89. The van der Waals surface area contributed by atoms with Crippen LogP contribution in [0.1, 0.15) is 15.9 Å². The fourth-order valence-electron chi connectivity index (χ4n) is 1.20. The summed E-state index contributed by atoms with van der Waals surface area (Å²) in [5.41, 5.74) is -0.672. The van der Waals surface area contributed by atoms with Gasteiger partial charge in [-0.3, -0.25) is 0 Å². The number of esters is 1. The Hall–Kier alpha value is -1.56. The second-order valence-corrected chi connectivity index (χ2v) is 4.01. The first-order valence-electron chi connectivity index (χ1n) is 5.30. The van der Waals surface area contributed by atoms with E-state index in [4.69, 9.17) is 4.74 Å². The topological polar surface area (TPSA) is 29.5 Å². The molecule has 1 aromatic rings. The summed E-state index contributed by atoms with van der Waals surface area (Å²) in [5.74, 6) is -0.620. The van der Waals surface area contributed by atoms with Crippen LogP contribution in [-0.2, 0) is 10.9 Å². The zero-order valence-corrected chi connectivity index (χ0v) is 10.1. The summed E-state index contributed by atoms with van der Waals surface area (Å²) in [5, 5.41) is 0. The highest BCUT2D eigenvalue weighted by Crippen LogP contribution is 2.29. The second kappa shape index (κ2) is 5.86. The number of hydrogen-bond donors (Lipinski definition) is 0. The van der Waals surface area contributed by atoms with E-state index in [0.29, 0.717) is 6.54 Å². The van der Waals surface area contributed by atoms with Gasteiger partial charge in [0, 0.05) is 6.54 Å². The third-order valence-corrected chi connectivity index (χ3v) is 2.22. The van der Waals surface area contributed by atoms with Gasteiger partial charge in [0.05, 0.1) is 11.1 Å². The van der Waals surface area contributed by atoms with Crippen LogP contribution in [0.5, 0.6) is 0 Å². The number of nitrogens with zero attached hydrogens (tertiary/aromatic N) is 1. The Bertz CT molecular complexity index is 399. The molecule has 0 N–H and O–H groups in total. The lowest BCUT2D eigenvalue weighted by atomic mass is 10.1. The Morgan fingerprint density at radius 3 is 2.22 bits per heavy atom. The predicted molar refractivity (Wildman–Crippen MR) is 60.3 cm³/mol. The maximum atomic E-state index is 12.3. The minimum absolute atomic E-state index is 0.113. The van der Waals surface area contributed by atoms with E-state index < -0.39 is 17.7 Å². The molecule has 0 saturated heterocycles. The van der Waals surface area contributed by atoms with E-state index in [1.54, 1.807) is 0 Å². The van der Waals surface area contributed by atoms with Crippen LogP contribution in [0.2, 0.25) is 0 Å². The lowest BCUT2D eigenvalue weighted by Crippen LogP contribution is -2.20. The summed E-state index contributed by atoms with van der Waals surface area (Å²) >= 11 is 0. The molecule has 100 valence electrons. The molecule has 0 atom stereocenters. The summed E-state index contributed by atoms with van der Waals surface area (Å²) in [6.45, 7) is 0.763. The van der Waals surface area contributed by atoms with E-state index in [1.807, 2.05) is 19.0 Å². The van der Waals surface area contributed by atoms with Crippen molar-refractivity contribution >= 4 is 5.97 Å². The van der Waals surface area contributed by atoms with Crippen molar-refractivity contribution in [2.45, 2.75) is 6.18 Å². The second-order valence-electron chi connectivity index (χ2n) is 4.01. The SMILES string of the molecule is CN(C)CCOC(=O)c1ccc(C(F)(F)F)cc1. The van der Waals surface area contributed by atoms with Gasteiger partial charge in [0.25, 0.3) is 0 Å². The Morgan fingerprint density at radius 1 is 1.22 bits per heavy atom. The minimum atomic E-state index is -4.40. The van der Waals surface area contributed by atoms with Crippen LogP contribution in [0.25, 0.3) is 0 Å². The average Bonchev–Trinajstić information content (AvgIpc) is 2.27. The Balaban J connectivity index is 2.60. The van der Waals surface area contributed by atoms with Crippen LogP contribution in [0.15, 0.2) is 24.3 Å². The van der Waals surface area contributed by atoms with E-state index in [2.05, 4.69) is 0 Å². The molecule has 3 nitrogen and oxygen atoms in total. The molecule has 0 heterocycles. The van der Waals surface area contributed by atoms with Crippen LogP contribution >= 0.6 is 0 Å². The normalized spacial score (nSPS) is 11.7. The number of ether oxygens (including phenoxy) is 1. The van der Waals surface area contributed by atoms with Gasteiger partial charge in [-0.25, -0.2) is 4.79 Å². The van der Waals surface area contributed by atoms with Crippen molar-refractivity contribution < 1.29 is 22.7 Å². The first kappa shape index (κ1) is 14.5. The molecule has 0 spiro atoms. The molecule has 1 rings (SSSR count). The van der Waals surface area contributed by atoms with Gasteiger partial charge in [0.15, 0.2) is 0 Å². The summed E-state index contributed by atoms with van der Waals surface area (Å²) in [7, 11) is 3.65. The lowest BCUT2D eigenvalue weighted by Gasteiger charge is -2.10. The van der Waals surface area contributed by atoms with Crippen molar-refractivity contribution in [3.8, 4) is 0 Å². The molecule has 0 aliphatic heterocycles. The fourth-order valence-corrected chi connectivity index (χ4v) is 1.20. The number of halogens is 3. The highest BCUT2D eigenvalue weighted by atomic mass is 19.4. The first-order valence-corrected chi connectivity index (χ1v) is 5.30. The fraction of sp³-hybridized carbons (Fsp3) is 0.417. The van der Waals surface area contributed by atoms with Gasteiger partial charge >= 0.3 is 12.1 Å². The average molecular weight is 261 g/mol. The minimum Gasteiger partial charge on any atom is -0.461 e. The number of likely N-dealkylation sites (N-methyl/N-ethyl adjacent to an activating group) is 1. The standard InChI is InChI=1S/C12H14F3NO2/c1-16(2)7-8-18-11(17)9-3-5-10(6-4-9)12(13,14)15/h3-6H,7-8H2,1-2H3. The third kappa shape index (κ3) is 4.37. The molecule has 0 fully saturated rings. The number of rotatable bonds is 4. The predicted octanol–water partition coefficient (Wildman–Crippen LogP) is 2.42. The molecule has 18 heavy (non-hydrogen) atoms. The van der Waals surface area contributed by atoms with Crippen molar-refractivity contribution in [3.05, 3.63) is 35.4 Å². The zero-order chi connectivity index (χ0) is 13.8. The van der Waals surface area contributed by atoms with Crippen molar-refractivity contribution in [2.75, 3.05) is 27.2 Å². The summed E-state index contributed by atoms with van der Waals surface area (Å²) in [6, 6.07) is 3.95. The number of benzene rings is 1. The molecule has 0 aromatic heterocycles. The highest BCUT2D eigenvalue weighted by Gasteiger charge is 2.30. The molecule has 0 amide bonds. The molecular formula is C12H14F3NO2.